The number of allylic oxidation sites excluding steroid dienone is 5. The van der Waals surface area contributed by atoms with Crippen LogP contribution < -0.4 is 0 Å². The van der Waals surface area contributed by atoms with Crippen LogP contribution in [0, 0.1) is 5.92 Å². The summed E-state index contributed by atoms with van der Waals surface area (Å²) >= 11 is 0. The summed E-state index contributed by atoms with van der Waals surface area (Å²) in [5, 5.41) is 19.9. The van der Waals surface area contributed by atoms with Crippen molar-refractivity contribution in [2.75, 3.05) is 26.4 Å². The minimum Gasteiger partial charge on any atom is -0.462 e. The number of aliphatic hydroxyl groups excluding tert-OH is 2. The van der Waals surface area contributed by atoms with Crippen LogP contribution in [0.25, 0.3) is 0 Å². The topological polar surface area (TPSA) is 216 Å². The number of ether oxygens (including phenoxy) is 2. The van der Waals surface area contributed by atoms with Crippen molar-refractivity contribution in [1.82, 2.24) is 0 Å². The molecule has 0 heterocycles. The van der Waals surface area contributed by atoms with Crippen molar-refractivity contribution in [3.05, 3.63) is 36.5 Å². The van der Waals surface area contributed by atoms with E-state index in [1.54, 1.807) is 6.08 Å². The Morgan fingerprint density at radius 1 is 0.548 bits per heavy atom. The highest BCUT2D eigenvalue weighted by Gasteiger charge is 2.28. The van der Waals surface area contributed by atoms with E-state index in [9.17, 15) is 33.8 Å². The zero-order valence-corrected chi connectivity index (χ0v) is 40.3. The molecule has 0 aromatic carbocycles. The van der Waals surface area contributed by atoms with Crippen LogP contribution in [-0.2, 0) is 41.8 Å². The maximum atomic E-state index is 12.7. The average Bonchev–Trinajstić information content (AvgIpc) is 3.21. The van der Waals surface area contributed by atoms with Gasteiger partial charge >= 0.3 is 27.6 Å². The molecule has 0 bridgehead atoms. The minimum absolute atomic E-state index is 0.114. The van der Waals surface area contributed by atoms with Crippen molar-refractivity contribution in [3.63, 3.8) is 0 Å². The Labute approximate surface area is 374 Å². The van der Waals surface area contributed by atoms with Crippen molar-refractivity contribution in [2.24, 2.45) is 5.92 Å². The molecule has 0 saturated heterocycles. The Morgan fingerprint density at radius 3 is 1.53 bits per heavy atom. The molecule has 0 aromatic rings. The second-order valence-electron chi connectivity index (χ2n) is 16.7. The van der Waals surface area contributed by atoms with Gasteiger partial charge in [-0.2, -0.15) is 0 Å². The highest BCUT2D eigenvalue weighted by molar-refractivity contribution is 7.47. The number of hydrogen-bond donors (Lipinski definition) is 5. The van der Waals surface area contributed by atoms with Gasteiger partial charge in [0.1, 0.15) is 12.7 Å². The molecule has 0 fully saturated rings. The number of aliphatic hydroxyl groups is 2. The lowest BCUT2D eigenvalue weighted by Crippen LogP contribution is -2.30. The molecule has 0 aromatic heterocycles. The van der Waals surface area contributed by atoms with Crippen molar-refractivity contribution in [2.45, 2.75) is 212 Å². The van der Waals surface area contributed by atoms with Gasteiger partial charge in [0.15, 0.2) is 6.10 Å². The maximum absolute atomic E-state index is 12.7. The zero-order valence-electron chi connectivity index (χ0n) is 38.5. The Bertz CT molecular complexity index is 1270. The molecule has 364 valence electrons. The molecule has 0 spiro atoms. The van der Waals surface area contributed by atoms with E-state index in [0.29, 0.717) is 19.3 Å². The SMILES string of the molecule is CC/C=C/C/C=C/C=C/C(O)CCCCCCCC(=O)OC[C@H](COP(=O)(O)OC[C@@H](O)COP(=O)(O)O)OC(=O)CCCCCCCCCCCCCCCCCCC(C)C. The molecule has 5 N–H and O–H groups in total. The van der Waals surface area contributed by atoms with Crippen LogP contribution in [-0.4, -0.2) is 81.6 Å². The summed E-state index contributed by atoms with van der Waals surface area (Å²) in [5.41, 5.74) is 0. The van der Waals surface area contributed by atoms with Crippen molar-refractivity contribution in [3.8, 4) is 0 Å². The fourth-order valence-electron chi connectivity index (χ4n) is 6.48. The molecular formula is C46H86O14P2. The minimum atomic E-state index is -4.87. The summed E-state index contributed by atoms with van der Waals surface area (Å²) in [6, 6.07) is 0. The number of phosphoric ester groups is 2. The molecule has 0 aliphatic carbocycles. The average molecular weight is 925 g/mol. The van der Waals surface area contributed by atoms with Gasteiger partial charge in [-0.25, -0.2) is 9.13 Å². The van der Waals surface area contributed by atoms with Gasteiger partial charge in [-0.1, -0.05) is 186 Å². The Balaban J connectivity index is 4.51. The van der Waals surface area contributed by atoms with Gasteiger partial charge in [0.25, 0.3) is 0 Å². The summed E-state index contributed by atoms with van der Waals surface area (Å²) in [7, 11) is -9.70. The van der Waals surface area contributed by atoms with E-state index in [4.69, 9.17) is 23.8 Å². The van der Waals surface area contributed by atoms with E-state index in [1.807, 2.05) is 18.2 Å². The molecular weight excluding hydrogens is 838 g/mol. The summed E-state index contributed by atoms with van der Waals surface area (Å²) in [6.07, 6.45) is 35.9. The van der Waals surface area contributed by atoms with Crippen LogP contribution in [0.2, 0.25) is 0 Å². The number of carbonyl (C=O) groups excluding carboxylic acids is 2. The van der Waals surface area contributed by atoms with E-state index < -0.39 is 72.3 Å². The van der Waals surface area contributed by atoms with Gasteiger partial charge in [-0.05, 0) is 38.0 Å². The molecule has 62 heavy (non-hydrogen) atoms. The van der Waals surface area contributed by atoms with Crippen LogP contribution in [0.3, 0.4) is 0 Å². The first-order valence-corrected chi connectivity index (χ1v) is 26.7. The zero-order chi connectivity index (χ0) is 46.2. The monoisotopic (exact) mass is 925 g/mol. The van der Waals surface area contributed by atoms with E-state index in [-0.39, 0.29) is 12.8 Å². The molecule has 2 unspecified atom stereocenters. The second kappa shape index (κ2) is 40.8. The Morgan fingerprint density at radius 2 is 1.02 bits per heavy atom. The molecule has 0 aliphatic rings. The Hall–Kier alpha value is -1.70. The lowest BCUT2D eigenvalue weighted by Gasteiger charge is -2.20. The summed E-state index contributed by atoms with van der Waals surface area (Å²) in [5.74, 6) is -0.285. The number of unbranched alkanes of at least 4 members (excludes halogenated alkanes) is 19. The first-order valence-electron chi connectivity index (χ1n) is 23.6. The van der Waals surface area contributed by atoms with E-state index in [2.05, 4.69) is 42.0 Å². The number of phosphoric acid groups is 2. The van der Waals surface area contributed by atoms with Gasteiger partial charge in [0, 0.05) is 12.8 Å². The van der Waals surface area contributed by atoms with Crippen LogP contribution in [0.15, 0.2) is 36.5 Å². The quantitative estimate of drug-likeness (QED) is 0.0126. The van der Waals surface area contributed by atoms with Gasteiger partial charge in [-0.3, -0.25) is 23.2 Å². The number of esters is 2. The smallest absolute Gasteiger partial charge is 0.462 e. The van der Waals surface area contributed by atoms with Crippen LogP contribution in [0.5, 0.6) is 0 Å². The van der Waals surface area contributed by atoms with Gasteiger partial charge in [0.05, 0.1) is 25.9 Å². The van der Waals surface area contributed by atoms with Crippen LogP contribution in [0.4, 0.5) is 0 Å². The largest absolute Gasteiger partial charge is 0.472 e. The standard InChI is InChI=1S/C46H86O14P2/c1-4-5-6-7-18-23-28-33-42(47)34-29-24-21-26-30-35-45(49)56-39-44(40-59-62(54,55)58-38-43(48)37-57-61(51,52)53)60-46(50)36-31-25-20-17-15-13-11-9-8-10-12-14-16-19-22-27-32-41(2)3/h5-6,18,23,28,33,41-44,47-48H,4,7-17,19-22,24-27,29-32,34-40H2,1-3H3,(H,54,55)(H2,51,52,53)/b6-5+,23-18+,33-28+/t42?,43-,44+/m0/s1. The van der Waals surface area contributed by atoms with Crippen molar-refractivity contribution in [1.29, 1.82) is 0 Å². The molecule has 0 amide bonds. The van der Waals surface area contributed by atoms with Crippen molar-refractivity contribution < 1.29 is 66.7 Å². The molecule has 4 atom stereocenters. The molecule has 16 heteroatoms. The second-order valence-corrected chi connectivity index (χ2v) is 19.4. The summed E-state index contributed by atoms with van der Waals surface area (Å²) < 4.78 is 47.8. The van der Waals surface area contributed by atoms with Gasteiger partial charge in [-0.15, -0.1) is 0 Å². The normalized spacial score (nSPS) is 14.9. The first kappa shape index (κ1) is 60.3. The fraction of sp³-hybridized carbons (Fsp3) is 0.826. The molecule has 0 rings (SSSR count). The summed E-state index contributed by atoms with van der Waals surface area (Å²) in [6.45, 7) is 3.88. The van der Waals surface area contributed by atoms with E-state index in [0.717, 1.165) is 63.7 Å². The molecule has 0 aliphatic heterocycles. The summed E-state index contributed by atoms with van der Waals surface area (Å²) in [4.78, 5) is 52.8. The third kappa shape index (κ3) is 44.9. The third-order valence-corrected chi connectivity index (χ3v) is 11.5. The third-order valence-electron chi connectivity index (χ3n) is 10.1. The van der Waals surface area contributed by atoms with Crippen LogP contribution in [0.1, 0.15) is 194 Å². The molecule has 0 saturated carbocycles. The predicted molar refractivity (Wildman–Crippen MR) is 245 cm³/mol. The number of carbonyl (C=O) groups is 2. The molecule has 0 radical (unpaired) electrons. The number of hydrogen-bond acceptors (Lipinski definition) is 11. The maximum Gasteiger partial charge on any atom is 0.472 e. The Kier molecular flexibility index (Phi) is 39.7. The van der Waals surface area contributed by atoms with Crippen molar-refractivity contribution >= 4 is 27.6 Å². The highest BCUT2D eigenvalue weighted by atomic mass is 31.2. The van der Waals surface area contributed by atoms with Gasteiger partial charge < -0.3 is 34.4 Å². The lowest BCUT2D eigenvalue weighted by molar-refractivity contribution is -0.161. The fourth-order valence-corrected chi connectivity index (χ4v) is 7.64. The van der Waals surface area contributed by atoms with E-state index >= 15 is 0 Å². The highest BCUT2D eigenvalue weighted by Crippen LogP contribution is 2.43. The number of rotatable bonds is 44. The van der Waals surface area contributed by atoms with E-state index in [1.165, 1.54) is 83.5 Å². The van der Waals surface area contributed by atoms with Crippen LogP contribution >= 0.6 is 15.6 Å². The predicted octanol–water partition coefficient (Wildman–Crippen LogP) is 11.3. The first-order chi connectivity index (χ1) is 29.6. The lowest BCUT2D eigenvalue weighted by atomic mass is 10.0. The molecule has 14 nitrogen and oxygen atoms in total. The van der Waals surface area contributed by atoms with Gasteiger partial charge in [0.2, 0.25) is 0 Å².